The highest BCUT2D eigenvalue weighted by Crippen LogP contribution is 2.16. The van der Waals surface area contributed by atoms with Crippen molar-refractivity contribution in [1.29, 1.82) is 0 Å². The highest BCUT2D eigenvalue weighted by atomic mass is 19.3. The lowest BCUT2D eigenvalue weighted by Gasteiger charge is -2.13. The van der Waals surface area contributed by atoms with Crippen molar-refractivity contribution in [3.63, 3.8) is 0 Å². The van der Waals surface area contributed by atoms with Crippen LogP contribution in [0.15, 0.2) is 36.5 Å². The summed E-state index contributed by atoms with van der Waals surface area (Å²) in [4.78, 5) is 0. The van der Waals surface area contributed by atoms with Crippen molar-refractivity contribution >= 4 is 5.82 Å². The third-order valence-electron chi connectivity index (χ3n) is 3.12. The predicted octanol–water partition coefficient (Wildman–Crippen LogP) is 3.45. The van der Waals surface area contributed by atoms with Gasteiger partial charge in [0.05, 0.1) is 0 Å². The molecule has 0 aliphatic carbocycles. The molecule has 0 fully saturated rings. The zero-order valence-electron chi connectivity index (χ0n) is 12.1. The van der Waals surface area contributed by atoms with E-state index in [4.69, 9.17) is 0 Å². The van der Waals surface area contributed by atoms with Crippen molar-refractivity contribution in [3.8, 4) is 5.75 Å². The first-order valence-corrected chi connectivity index (χ1v) is 6.83. The average molecular weight is 295 g/mol. The highest BCUT2D eigenvalue weighted by molar-refractivity contribution is 5.33. The van der Waals surface area contributed by atoms with Crippen LogP contribution in [-0.2, 0) is 13.5 Å². The number of nitrogens with zero attached hydrogens (tertiary/aromatic N) is 2. The van der Waals surface area contributed by atoms with E-state index in [0.29, 0.717) is 0 Å². The summed E-state index contributed by atoms with van der Waals surface area (Å²) in [6, 6.07) is 8.96. The largest absolute Gasteiger partial charge is 0.435 e. The van der Waals surface area contributed by atoms with E-state index in [9.17, 15) is 8.78 Å². The van der Waals surface area contributed by atoms with E-state index < -0.39 is 6.61 Å². The van der Waals surface area contributed by atoms with Gasteiger partial charge in [0, 0.05) is 25.4 Å². The number of aromatic nitrogens is 2. The van der Waals surface area contributed by atoms with E-state index in [0.717, 1.165) is 24.2 Å². The molecule has 0 aliphatic rings. The fourth-order valence-corrected chi connectivity index (χ4v) is 2.04. The van der Waals surface area contributed by atoms with Gasteiger partial charge in [-0.2, -0.15) is 13.9 Å². The van der Waals surface area contributed by atoms with Gasteiger partial charge >= 0.3 is 6.61 Å². The van der Waals surface area contributed by atoms with E-state index in [1.54, 1.807) is 16.8 Å². The van der Waals surface area contributed by atoms with Gasteiger partial charge in [0.25, 0.3) is 0 Å². The van der Waals surface area contributed by atoms with Gasteiger partial charge in [0.2, 0.25) is 0 Å². The summed E-state index contributed by atoms with van der Waals surface area (Å²) >= 11 is 0. The molecule has 114 valence electrons. The van der Waals surface area contributed by atoms with Crippen molar-refractivity contribution < 1.29 is 13.5 Å². The summed E-state index contributed by atoms with van der Waals surface area (Å²) in [7, 11) is 1.87. The molecule has 6 heteroatoms. The Morgan fingerprint density at radius 2 is 1.95 bits per heavy atom. The molecule has 2 aromatic rings. The molecule has 0 bridgehead atoms. The quantitative estimate of drug-likeness (QED) is 0.850. The Labute approximate surface area is 122 Å². The lowest BCUT2D eigenvalue weighted by atomic mass is 10.1. The fraction of sp³-hybridized carbons (Fsp3) is 0.400. The molecule has 1 N–H and O–H groups in total. The number of halogens is 2. The molecule has 1 aromatic carbocycles. The number of benzene rings is 1. The first-order chi connectivity index (χ1) is 10.0. The molecule has 0 saturated heterocycles. The molecule has 0 saturated carbocycles. The molecule has 1 aromatic heterocycles. The molecule has 0 amide bonds. The SMILES string of the molecule is CC(CCc1ccc(OC(F)F)cc1)Nc1ccn(C)n1. The first-order valence-electron chi connectivity index (χ1n) is 6.83. The lowest BCUT2D eigenvalue weighted by Crippen LogP contribution is -2.16. The normalized spacial score (nSPS) is 12.4. The smallest absolute Gasteiger partial charge is 0.387 e. The van der Waals surface area contributed by atoms with E-state index in [1.165, 1.54) is 0 Å². The monoisotopic (exact) mass is 295 g/mol. The molecule has 1 atom stereocenters. The van der Waals surface area contributed by atoms with Crippen LogP contribution in [-0.4, -0.2) is 22.4 Å². The summed E-state index contributed by atoms with van der Waals surface area (Å²) in [5.74, 6) is 1.04. The van der Waals surface area contributed by atoms with Crippen molar-refractivity contribution in [2.24, 2.45) is 7.05 Å². The molecule has 21 heavy (non-hydrogen) atoms. The minimum absolute atomic E-state index is 0.188. The van der Waals surface area contributed by atoms with Crippen LogP contribution in [0.5, 0.6) is 5.75 Å². The Balaban J connectivity index is 1.79. The first kappa shape index (κ1) is 15.3. The second kappa shape index (κ2) is 7.06. The Morgan fingerprint density at radius 1 is 1.24 bits per heavy atom. The maximum atomic E-state index is 12.0. The Morgan fingerprint density at radius 3 is 2.52 bits per heavy atom. The van der Waals surface area contributed by atoms with Gasteiger partial charge in [-0.3, -0.25) is 4.68 Å². The van der Waals surface area contributed by atoms with Crippen LogP contribution in [0.3, 0.4) is 0 Å². The molecular formula is C15H19F2N3O. The zero-order valence-corrected chi connectivity index (χ0v) is 12.1. The molecule has 1 unspecified atom stereocenters. The number of aryl methyl sites for hydroxylation is 2. The maximum Gasteiger partial charge on any atom is 0.387 e. The summed E-state index contributed by atoms with van der Waals surface area (Å²) in [5.41, 5.74) is 1.09. The van der Waals surface area contributed by atoms with E-state index in [2.05, 4.69) is 22.1 Å². The summed E-state index contributed by atoms with van der Waals surface area (Å²) in [5, 5.41) is 7.58. The summed E-state index contributed by atoms with van der Waals surface area (Å²) in [6.07, 6.45) is 3.67. The van der Waals surface area contributed by atoms with Gasteiger partial charge in [-0.15, -0.1) is 0 Å². The van der Waals surface area contributed by atoms with E-state index in [-0.39, 0.29) is 11.8 Å². The second-order valence-corrected chi connectivity index (χ2v) is 4.98. The molecule has 0 spiro atoms. The van der Waals surface area contributed by atoms with Crippen LogP contribution in [0.4, 0.5) is 14.6 Å². The minimum Gasteiger partial charge on any atom is -0.435 e. The van der Waals surface area contributed by atoms with E-state index >= 15 is 0 Å². The Kier molecular flexibility index (Phi) is 5.14. The third-order valence-corrected chi connectivity index (χ3v) is 3.12. The van der Waals surface area contributed by atoms with Crippen LogP contribution in [0.1, 0.15) is 18.9 Å². The zero-order chi connectivity index (χ0) is 15.2. The van der Waals surface area contributed by atoms with Crippen molar-refractivity contribution in [2.45, 2.75) is 32.4 Å². The van der Waals surface area contributed by atoms with Gasteiger partial charge in [-0.25, -0.2) is 0 Å². The Hall–Kier alpha value is -2.11. The summed E-state index contributed by atoms with van der Waals surface area (Å²) in [6.45, 7) is -0.693. The van der Waals surface area contributed by atoms with Crippen LogP contribution >= 0.6 is 0 Å². The van der Waals surface area contributed by atoms with Gasteiger partial charge in [0.15, 0.2) is 0 Å². The Bertz CT molecular complexity index is 554. The van der Waals surface area contributed by atoms with E-state index in [1.807, 2.05) is 31.4 Å². The average Bonchev–Trinajstić information content (AvgIpc) is 2.83. The molecule has 0 radical (unpaired) electrons. The number of nitrogens with one attached hydrogen (secondary N) is 1. The van der Waals surface area contributed by atoms with Crippen molar-refractivity contribution in [3.05, 3.63) is 42.1 Å². The van der Waals surface area contributed by atoms with Gasteiger partial charge in [-0.1, -0.05) is 12.1 Å². The second-order valence-electron chi connectivity index (χ2n) is 4.98. The molecule has 0 aliphatic heterocycles. The lowest BCUT2D eigenvalue weighted by molar-refractivity contribution is -0.0498. The number of alkyl halides is 2. The van der Waals surface area contributed by atoms with Gasteiger partial charge < -0.3 is 10.1 Å². The van der Waals surface area contributed by atoms with Crippen LogP contribution in [0.2, 0.25) is 0 Å². The van der Waals surface area contributed by atoms with Crippen molar-refractivity contribution in [2.75, 3.05) is 5.32 Å². The van der Waals surface area contributed by atoms with Gasteiger partial charge in [-0.05, 0) is 37.5 Å². The van der Waals surface area contributed by atoms with Crippen LogP contribution in [0, 0.1) is 0 Å². The number of anilines is 1. The number of hydrogen-bond acceptors (Lipinski definition) is 3. The summed E-state index contributed by atoms with van der Waals surface area (Å²) < 4.78 is 30.2. The molecule has 4 nitrogen and oxygen atoms in total. The number of hydrogen-bond donors (Lipinski definition) is 1. The molecular weight excluding hydrogens is 276 g/mol. The number of ether oxygens (including phenoxy) is 1. The fourth-order valence-electron chi connectivity index (χ4n) is 2.04. The van der Waals surface area contributed by atoms with Crippen LogP contribution in [0.25, 0.3) is 0 Å². The van der Waals surface area contributed by atoms with Gasteiger partial charge in [0.1, 0.15) is 11.6 Å². The standard InChI is InChI=1S/C15H19F2N3O/c1-11(18-14-9-10-20(2)19-14)3-4-12-5-7-13(8-6-12)21-15(16)17/h5-11,15H,3-4H2,1-2H3,(H,18,19). The molecule has 2 rings (SSSR count). The van der Waals surface area contributed by atoms with Crippen molar-refractivity contribution in [1.82, 2.24) is 9.78 Å². The molecule has 1 heterocycles. The topological polar surface area (TPSA) is 39.1 Å². The predicted molar refractivity (Wildman–Crippen MR) is 77.7 cm³/mol. The minimum atomic E-state index is -2.78. The highest BCUT2D eigenvalue weighted by Gasteiger charge is 2.06. The number of rotatable bonds is 7. The third kappa shape index (κ3) is 5.06. The van der Waals surface area contributed by atoms with Crippen LogP contribution < -0.4 is 10.1 Å². The maximum absolute atomic E-state index is 12.0.